The minimum absolute atomic E-state index is 0.236. The van der Waals surface area contributed by atoms with Crippen molar-refractivity contribution in [3.05, 3.63) is 70.1 Å². The molecular weight excluding hydrogens is 320 g/mol. The number of anilines is 1. The number of H-pyrrole nitrogens is 1. The molecule has 25 heavy (non-hydrogen) atoms. The first-order chi connectivity index (χ1) is 12.1. The molecule has 2 heterocycles. The molecule has 0 unspecified atom stereocenters. The topological polar surface area (TPSA) is 104 Å². The van der Waals surface area contributed by atoms with E-state index in [1.807, 2.05) is 19.1 Å². The lowest BCUT2D eigenvalue weighted by molar-refractivity contribution is 0.0955. The minimum Gasteiger partial charge on any atom is -0.352 e. The number of rotatable bonds is 4. The molecule has 0 fully saturated rings. The zero-order chi connectivity index (χ0) is 17.8. The second-order valence-corrected chi connectivity index (χ2v) is 5.33. The van der Waals surface area contributed by atoms with Gasteiger partial charge in [-0.05, 0) is 25.1 Å². The van der Waals surface area contributed by atoms with Gasteiger partial charge in [0, 0.05) is 24.2 Å². The molecule has 0 radical (unpaired) electrons. The Kier molecular flexibility index (Phi) is 4.56. The van der Waals surface area contributed by atoms with Gasteiger partial charge in [-0.2, -0.15) is 0 Å². The van der Waals surface area contributed by atoms with Gasteiger partial charge in [-0.15, -0.1) is 0 Å². The van der Waals surface area contributed by atoms with Gasteiger partial charge in [-0.3, -0.25) is 14.4 Å². The van der Waals surface area contributed by atoms with Gasteiger partial charge in [-0.25, -0.2) is 4.98 Å². The van der Waals surface area contributed by atoms with Crippen molar-refractivity contribution in [1.29, 1.82) is 0 Å². The van der Waals surface area contributed by atoms with Gasteiger partial charge in [0.1, 0.15) is 5.82 Å². The number of carbonyl (C=O) groups excluding carboxylic acids is 2. The molecule has 7 nitrogen and oxygen atoms in total. The number of fused-ring (bicyclic) bond motifs is 1. The van der Waals surface area contributed by atoms with E-state index in [1.165, 1.54) is 24.4 Å². The van der Waals surface area contributed by atoms with Crippen LogP contribution in [-0.4, -0.2) is 28.3 Å². The number of hydrogen-bond acceptors (Lipinski definition) is 4. The van der Waals surface area contributed by atoms with Crippen molar-refractivity contribution < 1.29 is 9.59 Å². The highest BCUT2D eigenvalue weighted by Gasteiger charge is 2.14. The quantitative estimate of drug-likeness (QED) is 0.677. The first-order valence-corrected chi connectivity index (χ1v) is 7.76. The molecule has 2 aromatic heterocycles. The van der Waals surface area contributed by atoms with Gasteiger partial charge >= 0.3 is 0 Å². The summed E-state index contributed by atoms with van der Waals surface area (Å²) >= 11 is 0. The lowest BCUT2D eigenvalue weighted by atomic mass is 10.1. The molecule has 0 atom stereocenters. The predicted molar refractivity (Wildman–Crippen MR) is 94.8 cm³/mol. The number of nitrogens with one attached hydrogen (secondary N) is 3. The summed E-state index contributed by atoms with van der Waals surface area (Å²) in [5.41, 5.74) is 1.03. The van der Waals surface area contributed by atoms with Gasteiger partial charge in [-0.1, -0.05) is 18.2 Å². The zero-order valence-corrected chi connectivity index (χ0v) is 13.5. The lowest BCUT2D eigenvalue weighted by Gasteiger charge is -2.10. The molecule has 0 saturated carbocycles. The smallest absolute Gasteiger partial charge is 0.258 e. The lowest BCUT2D eigenvalue weighted by Crippen LogP contribution is -2.23. The fourth-order valence-electron chi connectivity index (χ4n) is 2.42. The highest BCUT2D eigenvalue weighted by molar-refractivity contribution is 6.09. The summed E-state index contributed by atoms with van der Waals surface area (Å²) in [6, 6.07) is 11.4. The molecule has 0 spiro atoms. The van der Waals surface area contributed by atoms with Crippen molar-refractivity contribution in [3.63, 3.8) is 0 Å². The molecule has 0 saturated heterocycles. The Balaban J connectivity index is 1.98. The van der Waals surface area contributed by atoms with E-state index in [2.05, 4.69) is 20.6 Å². The minimum atomic E-state index is -0.430. The number of para-hydroxylation sites is 1. The van der Waals surface area contributed by atoms with Crippen molar-refractivity contribution in [2.24, 2.45) is 0 Å². The SMILES string of the molecule is CCNC(=O)c1cc(NC(=O)c2ccc(=O)[nH]c2)nc2ccccc12. The Labute approximate surface area is 143 Å². The molecule has 0 aliphatic rings. The van der Waals surface area contributed by atoms with Crippen LogP contribution in [0.3, 0.4) is 0 Å². The van der Waals surface area contributed by atoms with Crippen LogP contribution in [0, 0.1) is 0 Å². The van der Waals surface area contributed by atoms with Gasteiger partial charge in [0.15, 0.2) is 0 Å². The van der Waals surface area contributed by atoms with Crippen molar-refractivity contribution >= 4 is 28.5 Å². The molecule has 7 heteroatoms. The van der Waals surface area contributed by atoms with Crippen LogP contribution in [0.4, 0.5) is 5.82 Å². The summed E-state index contributed by atoms with van der Waals surface area (Å²) in [7, 11) is 0. The third-order valence-electron chi connectivity index (χ3n) is 3.59. The van der Waals surface area contributed by atoms with Gasteiger partial charge in [0.2, 0.25) is 5.56 Å². The summed E-state index contributed by atoms with van der Waals surface area (Å²) in [4.78, 5) is 42.5. The fraction of sp³-hybridized carbons (Fsp3) is 0.111. The molecule has 3 rings (SSSR count). The summed E-state index contributed by atoms with van der Waals surface area (Å²) in [6.07, 6.45) is 1.32. The van der Waals surface area contributed by atoms with Gasteiger partial charge in [0.05, 0.1) is 16.6 Å². The van der Waals surface area contributed by atoms with E-state index < -0.39 is 5.91 Å². The third kappa shape index (κ3) is 3.55. The Morgan fingerprint density at radius 3 is 2.64 bits per heavy atom. The Morgan fingerprint density at radius 1 is 1.12 bits per heavy atom. The third-order valence-corrected chi connectivity index (χ3v) is 3.59. The van der Waals surface area contributed by atoms with E-state index in [-0.39, 0.29) is 22.8 Å². The molecule has 3 N–H and O–H groups in total. The van der Waals surface area contributed by atoms with Crippen LogP contribution in [0.25, 0.3) is 10.9 Å². The molecule has 1 aromatic carbocycles. The van der Waals surface area contributed by atoms with E-state index in [4.69, 9.17) is 0 Å². The molecule has 0 aliphatic heterocycles. The molecule has 2 amide bonds. The number of pyridine rings is 2. The van der Waals surface area contributed by atoms with E-state index in [9.17, 15) is 14.4 Å². The number of benzene rings is 1. The molecule has 0 aliphatic carbocycles. The second-order valence-electron chi connectivity index (χ2n) is 5.33. The van der Waals surface area contributed by atoms with Crippen molar-refractivity contribution in [3.8, 4) is 0 Å². The standard InChI is InChI=1S/C18H16N4O3/c1-2-19-18(25)13-9-15(21-14-6-4-3-5-12(13)14)22-17(24)11-7-8-16(23)20-10-11/h3-10H,2H2,1H3,(H,19,25)(H,20,23)(H,21,22,24). The van der Waals surface area contributed by atoms with E-state index in [0.29, 0.717) is 23.0 Å². The number of aromatic nitrogens is 2. The van der Waals surface area contributed by atoms with Crippen LogP contribution in [-0.2, 0) is 0 Å². The van der Waals surface area contributed by atoms with Crippen LogP contribution in [0.5, 0.6) is 0 Å². The number of aromatic amines is 1. The normalized spacial score (nSPS) is 10.4. The average molecular weight is 336 g/mol. The summed E-state index contributed by atoms with van der Waals surface area (Å²) in [6.45, 7) is 2.33. The maximum Gasteiger partial charge on any atom is 0.258 e. The fourth-order valence-corrected chi connectivity index (χ4v) is 2.42. The first kappa shape index (κ1) is 16.4. The first-order valence-electron chi connectivity index (χ1n) is 7.76. The Morgan fingerprint density at radius 2 is 1.92 bits per heavy atom. The average Bonchev–Trinajstić information content (AvgIpc) is 2.61. The van der Waals surface area contributed by atoms with E-state index in [1.54, 1.807) is 12.1 Å². The van der Waals surface area contributed by atoms with Crippen LogP contribution in [0.15, 0.2) is 53.5 Å². The van der Waals surface area contributed by atoms with Crippen molar-refractivity contribution in [2.75, 3.05) is 11.9 Å². The maximum absolute atomic E-state index is 12.3. The molecule has 126 valence electrons. The van der Waals surface area contributed by atoms with Crippen LogP contribution >= 0.6 is 0 Å². The van der Waals surface area contributed by atoms with E-state index >= 15 is 0 Å². The molecular formula is C18H16N4O3. The molecule has 0 bridgehead atoms. The van der Waals surface area contributed by atoms with Crippen molar-refractivity contribution in [1.82, 2.24) is 15.3 Å². The maximum atomic E-state index is 12.3. The summed E-state index contributed by atoms with van der Waals surface area (Å²) in [5.74, 6) is -0.405. The largest absolute Gasteiger partial charge is 0.352 e. The van der Waals surface area contributed by atoms with Crippen LogP contribution < -0.4 is 16.2 Å². The van der Waals surface area contributed by atoms with Gasteiger partial charge < -0.3 is 15.6 Å². The van der Waals surface area contributed by atoms with Gasteiger partial charge in [0.25, 0.3) is 11.8 Å². The highest BCUT2D eigenvalue weighted by Crippen LogP contribution is 2.21. The number of amides is 2. The zero-order valence-electron chi connectivity index (χ0n) is 13.5. The van der Waals surface area contributed by atoms with Crippen LogP contribution in [0.1, 0.15) is 27.6 Å². The second kappa shape index (κ2) is 6.96. The van der Waals surface area contributed by atoms with Crippen LogP contribution in [0.2, 0.25) is 0 Å². The highest BCUT2D eigenvalue weighted by atomic mass is 16.2. The predicted octanol–water partition coefficient (Wildman–Crippen LogP) is 1.93. The van der Waals surface area contributed by atoms with E-state index in [0.717, 1.165) is 0 Å². The Bertz CT molecular complexity index is 990. The molecule has 3 aromatic rings. The number of carbonyl (C=O) groups is 2. The summed E-state index contributed by atoms with van der Waals surface area (Å²) in [5, 5.41) is 6.11. The van der Waals surface area contributed by atoms with Crippen molar-refractivity contribution in [2.45, 2.75) is 6.92 Å². The monoisotopic (exact) mass is 336 g/mol. The Hall–Kier alpha value is -3.48. The number of hydrogen-bond donors (Lipinski definition) is 3. The number of nitrogens with zero attached hydrogens (tertiary/aromatic N) is 1. The summed E-state index contributed by atoms with van der Waals surface area (Å²) < 4.78 is 0.